The maximum atomic E-state index is 11.9. The zero-order chi connectivity index (χ0) is 16.7. The van der Waals surface area contributed by atoms with Crippen molar-refractivity contribution < 1.29 is 19.1 Å². The number of amides is 3. The second-order valence-corrected chi connectivity index (χ2v) is 5.26. The average molecular weight is 319 g/mol. The number of hydrogen-bond acceptors (Lipinski definition) is 4. The van der Waals surface area contributed by atoms with Gasteiger partial charge in [-0.05, 0) is 44.0 Å². The second-order valence-electron chi connectivity index (χ2n) is 5.26. The minimum atomic E-state index is -0.407. The molecule has 23 heavy (non-hydrogen) atoms. The number of rotatable bonds is 8. The average Bonchev–Trinajstić information content (AvgIpc) is 3.35. The summed E-state index contributed by atoms with van der Waals surface area (Å²) in [5.41, 5.74) is 0.438. The molecule has 1 aliphatic carbocycles. The lowest BCUT2D eigenvalue weighted by Crippen LogP contribution is -2.42. The maximum Gasteiger partial charge on any atom is 0.251 e. The van der Waals surface area contributed by atoms with Crippen molar-refractivity contribution in [1.82, 2.24) is 16.0 Å². The van der Waals surface area contributed by atoms with E-state index in [1.54, 1.807) is 24.3 Å². The van der Waals surface area contributed by atoms with Crippen LogP contribution in [0.25, 0.3) is 0 Å². The maximum absolute atomic E-state index is 11.9. The molecule has 1 aliphatic rings. The van der Waals surface area contributed by atoms with Crippen LogP contribution in [0.4, 0.5) is 0 Å². The molecule has 1 aromatic carbocycles. The van der Waals surface area contributed by atoms with Crippen LogP contribution >= 0.6 is 0 Å². The van der Waals surface area contributed by atoms with Crippen LogP contribution in [0.3, 0.4) is 0 Å². The first kappa shape index (κ1) is 16.8. The van der Waals surface area contributed by atoms with E-state index in [1.165, 1.54) is 0 Å². The predicted molar refractivity (Wildman–Crippen MR) is 84.1 cm³/mol. The van der Waals surface area contributed by atoms with Gasteiger partial charge in [-0.3, -0.25) is 14.4 Å². The van der Waals surface area contributed by atoms with Gasteiger partial charge in [0.05, 0.1) is 19.7 Å². The molecule has 0 atom stereocenters. The molecule has 3 N–H and O–H groups in total. The lowest BCUT2D eigenvalue weighted by molar-refractivity contribution is -0.125. The lowest BCUT2D eigenvalue weighted by Gasteiger charge is -2.08. The Morgan fingerprint density at radius 1 is 1.04 bits per heavy atom. The highest BCUT2D eigenvalue weighted by atomic mass is 16.5. The highest BCUT2D eigenvalue weighted by Crippen LogP contribution is 2.18. The predicted octanol–water partition coefficient (Wildman–Crippen LogP) is 0.210. The van der Waals surface area contributed by atoms with Crippen molar-refractivity contribution in [3.63, 3.8) is 0 Å². The quantitative estimate of drug-likeness (QED) is 0.638. The van der Waals surface area contributed by atoms with Gasteiger partial charge < -0.3 is 20.7 Å². The van der Waals surface area contributed by atoms with E-state index in [-0.39, 0.29) is 30.9 Å². The van der Waals surface area contributed by atoms with Gasteiger partial charge in [-0.2, -0.15) is 0 Å². The molecule has 1 saturated carbocycles. The van der Waals surface area contributed by atoms with Gasteiger partial charge in [0.1, 0.15) is 5.75 Å². The molecule has 3 amide bonds. The van der Waals surface area contributed by atoms with Gasteiger partial charge in [0.25, 0.3) is 5.91 Å². The minimum absolute atomic E-state index is 0.0751. The van der Waals surface area contributed by atoms with Gasteiger partial charge in [0, 0.05) is 11.6 Å². The number of nitrogens with one attached hydrogen (secondary N) is 3. The molecule has 0 radical (unpaired) electrons. The van der Waals surface area contributed by atoms with Crippen LogP contribution in [-0.4, -0.2) is 43.5 Å². The van der Waals surface area contributed by atoms with Crippen molar-refractivity contribution >= 4 is 17.7 Å². The Morgan fingerprint density at radius 2 is 1.70 bits per heavy atom. The fraction of sp³-hybridized carbons (Fsp3) is 0.438. The molecule has 1 aromatic rings. The molecule has 124 valence electrons. The van der Waals surface area contributed by atoms with E-state index in [9.17, 15) is 14.4 Å². The van der Waals surface area contributed by atoms with Crippen LogP contribution in [0.5, 0.6) is 5.75 Å². The summed E-state index contributed by atoms with van der Waals surface area (Å²) in [7, 11) is 0. The topological polar surface area (TPSA) is 96.5 Å². The van der Waals surface area contributed by atoms with Gasteiger partial charge in [0.2, 0.25) is 11.8 Å². The Kier molecular flexibility index (Phi) is 5.96. The first-order valence-corrected chi connectivity index (χ1v) is 7.65. The van der Waals surface area contributed by atoms with Crippen LogP contribution < -0.4 is 20.7 Å². The molecular weight excluding hydrogens is 298 g/mol. The van der Waals surface area contributed by atoms with Crippen molar-refractivity contribution in [3.05, 3.63) is 29.8 Å². The third-order valence-corrected chi connectivity index (χ3v) is 3.23. The van der Waals surface area contributed by atoms with Gasteiger partial charge >= 0.3 is 0 Å². The van der Waals surface area contributed by atoms with E-state index in [1.807, 2.05) is 6.92 Å². The Hall–Kier alpha value is -2.57. The Labute approximate surface area is 134 Å². The van der Waals surface area contributed by atoms with Crippen molar-refractivity contribution in [3.8, 4) is 5.75 Å². The molecule has 0 bridgehead atoms. The molecule has 1 fully saturated rings. The first-order chi connectivity index (χ1) is 11.1. The van der Waals surface area contributed by atoms with Crippen molar-refractivity contribution in [2.45, 2.75) is 25.8 Å². The molecule has 7 heteroatoms. The van der Waals surface area contributed by atoms with Crippen LogP contribution in [0.1, 0.15) is 30.1 Å². The van der Waals surface area contributed by atoms with Crippen LogP contribution in [0.15, 0.2) is 24.3 Å². The third kappa shape index (κ3) is 5.98. The molecular formula is C16H21N3O4. The summed E-state index contributed by atoms with van der Waals surface area (Å²) < 4.78 is 5.29. The third-order valence-electron chi connectivity index (χ3n) is 3.23. The Morgan fingerprint density at radius 3 is 2.30 bits per heavy atom. The zero-order valence-corrected chi connectivity index (χ0v) is 13.1. The summed E-state index contributed by atoms with van der Waals surface area (Å²) in [5, 5.41) is 7.73. The van der Waals surface area contributed by atoms with E-state index in [4.69, 9.17) is 4.74 Å². The van der Waals surface area contributed by atoms with Crippen molar-refractivity contribution in [1.29, 1.82) is 0 Å². The zero-order valence-electron chi connectivity index (χ0n) is 13.1. The smallest absolute Gasteiger partial charge is 0.251 e. The van der Waals surface area contributed by atoms with Gasteiger partial charge in [-0.1, -0.05) is 0 Å². The number of carbonyl (C=O) groups is 3. The fourth-order valence-electron chi connectivity index (χ4n) is 1.88. The van der Waals surface area contributed by atoms with Crippen LogP contribution in [-0.2, 0) is 9.59 Å². The summed E-state index contributed by atoms with van der Waals surface area (Å²) in [4.78, 5) is 34.9. The van der Waals surface area contributed by atoms with Gasteiger partial charge in [-0.25, -0.2) is 0 Å². The van der Waals surface area contributed by atoms with Gasteiger partial charge in [-0.15, -0.1) is 0 Å². The number of carbonyl (C=O) groups excluding carboxylic acids is 3. The highest BCUT2D eigenvalue weighted by molar-refractivity contribution is 5.96. The molecule has 0 unspecified atom stereocenters. The SMILES string of the molecule is CCOc1ccc(C(=O)NCC(=O)NCC(=O)NC2CC2)cc1. The number of ether oxygens (including phenoxy) is 1. The molecule has 0 aromatic heterocycles. The van der Waals surface area contributed by atoms with Crippen LogP contribution in [0, 0.1) is 0 Å². The Balaban J connectivity index is 1.68. The monoisotopic (exact) mass is 319 g/mol. The lowest BCUT2D eigenvalue weighted by atomic mass is 10.2. The Bertz CT molecular complexity index is 567. The summed E-state index contributed by atoms with van der Waals surface area (Å²) in [5.74, 6) is -0.289. The summed E-state index contributed by atoms with van der Waals surface area (Å²) in [6.07, 6.45) is 2.00. The largest absolute Gasteiger partial charge is 0.494 e. The molecule has 2 rings (SSSR count). The van der Waals surface area contributed by atoms with Crippen molar-refractivity contribution in [2.24, 2.45) is 0 Å². The van der Waals surface area contributed by atoms with Crippen molar-refractivity contribution in [2.75, 3.05) is 19.7 Å². The van der Waals surface area contributed by atoms with E-state index < -0.39 is 5.91 Å². The standard InChI is InChI=1S/C16H21N3O4/c1-2-23-13-7-3-11(4-8-13)16(22)18-9-14(20)17-10-15(21)19-12-5-6-12/h3-4,7-8,12H,2,5-6,9-10H2,1H3,(H,17,20)(H,18,22)(H,19,21). The summed E-state index contributed by atoms with van der Waals surface area (Å²) >= 11 is 0. The summed E-state index contributed by atoms with van der Waals surface area (Å²) in [6.45, 7) is 2.18. The normalized spacial score (nSPS) is 13.1. The van der Waals surface area contributed by atoms with E-state index in [0.717, 1.165) is 12.8 Å². The fourth-order valence-corrected chi connectivity index (χ4v) is 1.88. The first-order valence-electron chi connectivity index (χ1n) is 7.65. The van der Waals surface area contributed by atoms with E-state index >= 15 is 0 Å². The molecule has 7 nitrogen and oxygen atoms in total. The number of benzene rings is 1. The number of hydrogen-bond donors (Lipinski definition) is 3. The van der Waals surface area contributed by atoms with E-state index in [2.05, 4.69) is 16.0 Å². The second kappa shape index (κ2) is 8.17. The minimum Gasteiger partial charge on any atom is -0.494 e. The summed E-state index contributed by atoms with van der Waals surface area (Å²) in [6, 6.07) is 6.91. The highest BCUT2D eigenvalue weighted by Gasteiger charge is 2.23. The molecule has 0 heterocycles. The molecule has 0 aliphatic heterocycles. The van der Waals surface area contributed by atoms with Gasteiger partial charge in [0.15, 0.2) is 0 Å². The van der Waals surface area contributed by atoms with E-state index in [0.29, 0.717) is 17.9 Å². The molecule has 0 spiro atoms. The molecule has 0 saturated heterocycles. The van der Waals surface area contributed by atoms with Crippen LogP contribution in [0.2, 0.25) is 0 Å².